The molecule has 98 heavy (non-hydrogen) atoms. The molecule has 0 N–H and O–H groups in total. The Morgan fingerprint density at radius 1 is 0.316 bits per heavy atom. The summed E-state index contributed by atoms with van der Waals surface area (Å²) in [6.45, 7) is 8.36. The summed E-state index contributed by atoms with van der Waals surface area (Å²) in [5, 5.41) is 18.9. The van der Waals surface area contributed by atoms with Crippen LogP contribution in [0.2, 0.25) is 5.28 Å². The Morgan fingerprint density at radius 2 is 0.694 bits per heavy atom. The predicted molar refractivity (Wildman–Crippen MR) is 409 cm³/mol. The lowest BCUT2D eigenvalue weighted by molar-refractivity contribution is 0.00578. The third kappa shape index (κ3) is 9.15. The van der Waals surface area contributed by atoms with Gasteiger partial charge in [0.25, 0.3) is 0 Å². The molecular weight excluding hydrogens is 1270 g/mol. The summed E-state index contributed by atoms with van der Waals surface area (Å²) in [5.41, 5.74) is 10.6. The maximum absolute atomic E-state index is 6.47. The normalized spacial score (nSPS) is 13.8. The summed E-state index contributed by atoms with van der Waals surface area (Å²) in [6.07, 6.45) is 0. The highest BCUT2D eigenvalue weighted by atomic mass is 35.5. The molecule has 0 aliphatic carbocycles. The van der Waals surface area contributed by atoms with Crippen molar-refractivity contribution in [2.45, 2.75) is 38.9 Å². The zero-order valence-corrected chi connectivity index (χ0v) is 55.7. The monoisotopic (exact) mass is 1320 g/mol. The molecule has 20 aromatic rings. The van der Waals surface area contributed by atoms with Crippen LogP contribution < -0.4 is 5.59 Å². The first kappa shape index (κ1) is 58.3. The Labute approximate surface area is 573 Å². The molecule has 0 atom stereocenters. The van der Waals surface area contributed by atoms with E-state index in [9.17, 15) is 0 Å². The number of thiophene rings is 2. The molecule has 1 fully saturated rings. The number of aromatic nitrogens is 6. The van der Waals surface area contributed by atoms with Crippen molar-refractivity contribution in [3.8, 4) is 34.0 Å². The molecule has 12 aromatic carbocycles. The van der Waals surface area contributed by atoms with Gasteiger partial charge in [-0.05, 0) is 97.2 Å². The van der Waals surface area contributed by atoms with E-state index in [2.05, 4.69) is 201 Å². The summed E-state index contributed by atoms with van der Waals surface area (Å²) in [7, 11) is -0.517. The van der Waals surface area contributed by atoms with Gasteiger partial charge in [-0.25, -0.2) is 24.9 Å². The van der Waals surface area contributed by atoms with Crippen molar-refractivity contribution >= 4 is 196 Å². The minimum atomic E-state index is -0.517. The highest BCUT2D eigenvalue weighted by molar-refractivity contribution is 7.27. The van der Waals surface area contributed by atoms with Gasteiger partial charge >= 0.3 is 7.12 Å². The molecule has 1 aliphatic heterocycles. The van der Waals surface area contributed by atoms with Crippen LogP contribution in [0.4, 0.5) is 0 Å². The highest BCUT2D eigenvalue weighted by Crippen LogP contribution is 2.49. The van der Waals surface area contributed by atoms with Crippen molar-refractivity contribution in [2.24, 2.45) is 0 Å². The van der Waals surface area contributed by atoms with Gasteiger partial charge in [-0.1, -0.05) is 218 Å². The number of benzene rings is 12. The molecule has 0 bridgehead atoms. The third-order valence-corrected chi connectivity index (χ3v) is 22.1. The van der Waals surface area contributed by atoms with E-state index in [-0.39, 0.29) is 5.28 Å². The first-order chi connectivity index (χ1) is 48.0. The van der Waals surface area contributed by atoms with E-state index < -0.39 is 18.3 Å². The van der Waals surface area contributed by atoms with Crippen LogP contribution in [0.25, 0.3) is 183 Å². The van der Waals surface area contributed by atoms with Crippen molar-refractivity contribution in [1.82, 2.24) is 29.9 Å². The summed E-state index contributed by atoms with van der Waals surface area (Å²) in [5.74, 6) is 0.585. The minimum Gasteiger partial charge on any atom is -0.452 e. The lowest BCUT2D eigenvalue weighted by Crippen LogP contribution is -2.41. The van der Waals surface area contributed by atoms with E-state index in [0.717, 1.165) is 105 Å². The van der Waals surface area contributed by atoms with Gasteiger partial charge in [0.05, 0.1) is 27.8 Å². The molecule has 466 valence electrons. The average Bonchev–Trinajstić information content (AvgIpc) is 1.38. The van der Waals surface area contributed by atoms with Gasteiger partial charge in [-0.2, -0.15) is 0 Å². The lowest BCUT2D eigenvalue weighted by Gasteiger charge is -2.32. The van der Waals surface area contributed by atoms with Crippen molar-refractivity contribution < 1.29 is 18.1 Å². The van der Waals surface area contributed by atoms with E-state index in [0.29, 0.717) is 17.0 Å². The van der Waals surface area contributed by atoms with Crippen molar-refractivity contribution in [3.63, 3.8) is 0 Å². The molecule has 21 rings (SSSR count). The summed E-state index contributed by atoms with van der Waals surface area (Å²) in [6, 6.07) is 87.6. The van der Waals surface area contributed by atoms with Gasteiger partial charge in [0.2, 0.25) is 5.28 Å². The molecule has 0 saturated carbocycles. The fourth-order valence-electron chi connectivity index (χ4n) is 14.3. The molecule has 1 saturated heterocycles. The second-order valence-electron chi connectivity index (χ2n) is 25.8. The number of pyridine rings is 2. The Bertz CT molecular complexity index is 6670. The van der Waals surface area contributed by atoms with Gasteiger partial charge in [-0.15, -0.1) is 22.7 Å². The standard InChI is InChI=1S/C39H21N3OS.C29H24BNO2S.C16H9ClN2O/c1-2-12-22(13-3-1)33-37-35(27-18-8-10-20-29(27)43-37)42-39(41-33)36-26-17-7-5-15-24(26)32-34(40-36)25-16-6-4-14-23(25)31-28-19-9-11-21-30(28)44-38(31)32;1-28(2)29(3,4)33-30(32-28)27-20-14-8-6-12-18(20)24-25(31-27)19-13-7-5-11-17(19)23-21-15-9-10-16-22(21)34-26(23)24;17-16-18-13(10-6-2-1-3-7-10)15-14(19-16)11-8-4-5-9-12(11)20-15/h1-21H;5-16H,1-4H3;1-9H. The maximum atomic E-state index is 6.47. The van der Waals surface area contributed by atoms with Gasteiger partial charge in [0.15, 0.2) is 17.0 Å². The maximum Gasteiger partial charge on any atom is 0.515 e. The van der Waals surface area contributed by atoms with E-state index in [1.807, 2.05) is 114 Å². The van der Waals surface area contributed by atoms with E-state index >= 15 is 0 Å². The van der Waals surface area contributed by atoms with Gasteiger partial charge < -0.3 is 18.1 Å². The quantitative estimate of drug-likeness (QED) is 0.0956. The molecule has 9 heterocycles. The first-order valence-electron chi connectivity index (χ1n) is 32.6. The fraction of sp³-hybridized carbons (Fsp3) is 0.0714. The van der Waals surface area contributed by atoms with E-state index in [1.54, 1.807) is 0 Å². The minimum absolute atomic E-state index is 0.225. The molecule has 14 heteroatoms. The number of rotatable bonds is 4. The van der Waals surface area contributed by atoms with Crippen LogP contribution in [0.15, 0.2) is 264 Å². The summed E-state index contributed by atoms with van der Waals surface area (Å²) >= 11 is 9.77. The molecule has 10 nitrogen and oxygen atoms in total. The Kier molecular flexibility index (Phi) is 13.4. The number of hydrogen-bond donors (Lipinski definition) is 0. The summed E-state index contributed by atoms with van der Waals surface area (Å²) < 4.78 is 30.4. The highest BCUT2D eigenvalue weighted by Gasteiger charge is 2.53. The van der Waals surface area contributed by atoms with Crippen LogP contribution in [0.3, 0.4) is 0 Å². The zero-order chi connectivity index (χ0) is 65.5. The third-order valence-electron chi connectivity index (χ3n) is 19.6. The van der Waals surface area contributed by atoms with Crippen molar-refractivity contribution in [2.75, 3.05) is 0 Å². The molecule has 8 aromatic heterocycles. The number of fused-ring (bicyclic) bond motifs is 26. The molecule has 0 unspecified atom stereocenters. The number of furan rings is 2. The Balaban J connectivity index is 0.000000110. The van der Waals surface area contributed by atoms with Crippen molar-refractivity contribution in [3.05, 3.63) is 260 Å². The Hall–Kier alpha value is -11.0. The van der Waals surface area contributed by atoms with Crippen LogP contribution in [-0.2, 0) is 9.31 Å². The van der Waals surface area contributed by atoms with Crippen LogP contribution in [0.1, 0.15) is 27.7 Å². The summed E-state index contributed by atoms with van der Waals surface area (Å²) in [4.78, 5) is 29.8. The number of para-hydroxylation sites is 2. The Morgan fingerprint density at radius 3 is 1.20 bits per heavy atom. The number of hydrogen-bond acceptors (Lipinski definition) is 12. The van der Waals surface area contributed by atoms with Crippen LogP contribution >= 0.6 is 34.3 Å². The second-order valence-corrected chi connectivity index (χ2v) is 28.2. The fourth-order valence-corrected chi connectivity index (χ4v) is 17.1. The molecule has 1 aliphatic rings. The first-order valence-corrected chi connectivity index (χ1v) is 34.6. The average molecular weight is 1320 g/mol. The molecular formula is C84H54BClN6O4S2. The smallest absolute Gasteiger partial charge is 0.452 e. The predicted octanol–water partition coefficient (Wildman–Crippen LogP) is 22.8. The topological polar surface area (TPSA) is 122 Å². The zero-order valence-electron chi connectivity index (χ0n) is 53.3. The van der Waals surface area contributed by atoms with Gasteiger partial charge in [0.1, 0.15) is 39.3 Å². The second kappa shape index (κ2) is 22.5. The molecule has 0 amide bonds. The van der Waals surface area contributed by atoms with E-state index in [1.165, 1.54) is 67.3 Å². The van der Waals surface area contributed by atoms with E-state index in [4.69, 9.17) is 49.7 Å². The lowest BCUT2D eigenvalue weighted by atomic mass is 9.80. The number of nitrogens with zero attached hydrogens (tertiary/aromatic N) is 6. The van der Waals surface area contributed by atoms with Crippen LogP contribution in [0, 0.1) is 0 Å². The number of halogens is 1. The van der Waals surface area contributed by atoms with Crippen molar-refractivity contribution in [1.29, 1.82) is 0 Å². The van der Waals surface area contributed by atoms with Crippen LogP contribution in [-0.4, -0.2) is 48.2 Å². The molecule has 0 radical (unpaired) electrons. The van der Waals surface area contributed by atoms with Gasteiger partial charge in [0, 0.05) is 94.6 Å². The largest absolute Gasteiger partial charge is 0.515 e. The van der Waals surface area contributed by atoms with Gasteiger partial charge in [-0.3, -0.25) is 4.98 Å². The SMILES string of the molecule is CC1(C)OB(c2nc3c4ccccc4c4c5ccccc5sc4c3c3ccccc23)OC1(C)C.Clc1nc(-c2ccccc2)c2oc3ccccc3c2n1.c1ccc(-c2nc(-c3nc4c5ccccc5c5c6ccccc6sc5c4c4ccccc34)nc3c2oc2ccccc23)cc1. The molecule has 0 spiro atoms. The van der Waals surface area contributed by atoms with Crippen LogP contribution in [0.5, 0.6) is 0 Å².